The number of nitrogens with zero attached hydrogens (tertiary/aromatic N) is 1. The van der Waals surface area contributed by atoms with Gasteiger partial charge in [-0.3, -0.25) is 9.69 Å². The van der Waals surface area contributed by atoms with Crippen molar-refractivity contribution in [2.75, 3.05) is 18.4 Å². The molecule has 3 nitrogen and oxygen atoms in total. The van der Waals surface area contributed by atoms with Crippen LogP contribution in [0.2, 0.25) is 10.0 Å². The van der Waals surface area contributed by atoms with Crippen molar-refractivity contribution in [2.45, 2.75) is 12.5 Å². The van der Waals surface area contributed by atoms with Crippen LogP contribution in [0.5, 0.6) is 0 Å². The number of para-hydroxylation sites is 1. The zero-order valence-electron chi connectivity index (χ0n) is 13.7. The Hall–Kier alpha value is -1.37. The number of rotatable bonds is 4. The number of anilines is 1. The first-order valence-electron chi connectivity index (χ1n) is 8.21. The first-order chi connectivity index (χ1) is 12.6. The Morgan fingerprint density at radius 2 is 1.92 bits per heavy atom. The third kappa shape index (κ3) is 3.55. The Bertz CT molecular complexity index is 903. The molecule has 0 spiro atoms. The molecule has 1 aromatic carbocycles. The molecule has 4 rings (SSSR count). The summed E-state index contributed by atoms with van der Waals surface area (Å²) >= 11 is 15.9. The lowest BCUT2D eigenvalue weighted by Gasteiger charge is -2.34. The molecule has 7 heteroatoms. The van der Waals surface area contributed by atoms with E-state index in [1.807, 2.05) is 0 Å². The van der Waals surface area contributed by atoms with Gasteiger partial charge in [0.2, 0.25) is 5.91 Å². The van der Waals surface area contributed by atoms with Gasteiger partial charge in [0.1, 0.15) is 0 Å². The van der Waals surface area contributed by atoms with Crippen LogP contribution in [0.15, 0.2) is 47.2 Å². The van der Waals surface area contributed by atoms with Crippen LogP contribution in [0.4, 0.5) is 5.69 Å². The Morgan fingerprint density at radius 3 is 2.65 bits per heavy atom. The molecular formula is C19H16Cl2N2OS2. The maximum absolute atomic E-state index is 12.7. The minimum atomic E-state index is -0.111. The van der Waals surface area contributed by atoms with Gasteiger partial charge in [-0.25, -0.2) is 0 Å². The van der Waals surface area contributed by atoms with Crippen molar-refractivity contribution in [2.24, 2.45) is 0 Å². The predicted octanol–water partition coefficient (Wildman–Crippen LogP) is 5.70. The quantitative estimate of drug-likeness (QED) is 0.584. The third-order valence-electron chi connectivity index (χ3n) is 4.45. The van der Waals surface area contributed by atoms with E-state index in [1.165, 1.54) is 15.3 Å². The number of carbonyl (C=O) groups is 1. The lowest BCUT2D eigenvalue weighted by Crippen LogP contribution is -2.40. The van der Waals surface area contributed by atoms with E-state index in [-0.39, 0.29) is 11.9 Å². The molecule has 134 valence electrons. The molecule has 26 heavy (non-hydrogen) atoms. The Morgan fingerprint density at radius 1 is 1.12 bits per heavy atom. The second-order valence-electron chi connectivity index (χ2n) is 6.08. The third-order valence-corrected chi connectivity index (χ3v) is 7.00. The van der Waals surface area contributed by atoms with Crippen molar-refractivity contribution >= 4 is 57.5 Å². The fourth-order valence-electron chi connectivity index (χ4n) is 3.30. The predicted molar refractivity (Wildman–Crippen MR) is 111 cm³/mol. The summed E-state index contributed by atoms with van der Waals surface area (Å²) in [5.74, 6) is -0.111. The van der Waals surface area contributed by atoms with Crippen molar-refractivity contribution in [3.05, 3.63) is 72.5 Å². The monoisotopic (exact) mass is 422 g/mol. The largest absolute Gasteiger partial charge is 0.322 e. The summed E-state index contributed by atoms with van der Waals surface area (Å²) in [6.07, 6.45) is 0.967. The first kappa shape index (κ1) is 18.0. The summed E-state index contributed by atoms with van der Waals surface area (Å²) in [6, 6.07) is 11.7. The highest BCUT2D eigenvalue weighted by Crippen LogP contribution is 2.39. The molecule has 3 aromatic rings. The molecule has 1 aliphatic rings. The van der Waals surface area contributed by atoms with E-state index in [2.05, 4.69) is 39.2 Å². The summed E-state index contributed by atoms with van der Waals surface area (Å²) in [6.45, 7) is 1.14. The highest BCUT2D eigenvalue weighted by molar-refractivity contribution is 7.10. The molecule has 1 aliphatic heterocycles. The fourth-order valence-corrected chi connectivity index (χ4v) is 5.57. The molecule has 3 heterocycles. The van der Waals surface area contributed by atoms with E-state index in [4.69, 9.17) is 23.2 Å². The molecule has 0 aliphatic carbocycles. The van der Waals surface area contributed by atoms with Gasteiger partial charge in [0.15, 0.2) is 0 Å². The molecule has 1 atom stereocenters. The lowest BCUT2D eigenvalue weighted by atomic mass is 9.98. The van der Waals surface area contributed by atoms with Crippen LogP contribution < -0.4 is 5.32 Å². The topological polar surface area (TPSA) is 32.3 Å². The molecule has 2 aromatic heterocycles. The van der Waals surface area contributed by atoms with Crippen LogP contribution >= 0.6 is 45.9 Å². The number of benzene rings is 1. The molecular weight excluding hydrogens is 407 g/mol. The van der Waals surface area contributed by atoms with Crippen molar-refractivity contribution in [1.29, 1.82) is 0 Å². The number of fused-ring (bicyclic) bond motifs is 1. The van der Waals surface area contributed by atoms with Gasteiger partial charge in [-0.15, -0.1) is 22.7 Å². The van der Waals surface area contributed by atoms with E-state index in [0.717, 1.165) is 13.0 Å². The summed E-state index contributed by atoms with van der Waals surface area (Å²) in [5.41, 5.74) is 1.79. The molecule has 1 amide bonds. The average Bonchev–Trinajstić information content (AvgIpc) is 3.29. The minimum absolute atomic E-state index is 0.111. The number of carbonyl (C=O) groups excluding carboxylic acids is 1. The molecule has 0 bridgehead atoms. The van der Waals surface area contributed by atoms with Crippen LogP contribution in [0.3, 0.4) is 0 Å². The van der Waals surface area contributed by atoms with Crippen molar-refractivity contribution in [3.63, 3.8) is 0 Å². The molecule has 0 fully saturated rings. The molecule has 0 saturated heterocycles. The first-order valence-corrected chi connectivity index (χ1v) is 10.7. The SMILES string of the molecule is O=C(CN1CCc2sccc2[C@H]1c1cccs1)Nc1c(Cl)cccc1Cl. The number of amides is 1. The highest BCUT2D eigenvalue weighted by atomic mass is 35.5. The van der Waals surface area contributed by atoms with Gasteiger partial charge in [0.05, 0.1) is 28.3 Å². The van der Waals surface area contributed by atoms with Gasteiger partial charge in [-0.1, -0.05) is 35.3 Å². The van der Waals surface area contributed by atoms with Crippen LogP contribution in [0.1, 0.15) is 21.4 Å². The summed E-state index contributed by atoms with van der Waals surface area (Å²) in [5, 5.41) is 7.98. The Labute approximate surface area is 170 Å². The van der Waals surface area contributed by atoms with Gasteiger partial charge in [-0.2, -0.15) is 0 Å². The van der Waals surface area contributed by atoms with Crippen LogP contribution in [-0.4, -0.2) is 23.9 Å². The number of hydrogen-bond acceptors (Lipinski definition) is 4. The zero-order valence-corrected chi connectivity index (χ0v) is 16.9. The number of thiophene rings is 2. The Balaban J connectivity index is 1.56. The molecule has 0 unspecified atom stereocenters. The highest BCUT2D eigenvalue weighted by Gasteiger charge is 2.31. The summed E-state index contributed by atoms with van der Waals surface area (Å²) in [4.78, 5) is 17.6. The second-order valence-corrected chi connectivity index (χ2v) is 8.88. The van der Waals surface area contributed by atoms with Crippen LogP contribution in [-0.2, 0) is 11.2 Å². The number of nitrogens with one attached hydrogen (secondary N) is 1. The maximum Gasteiger partial charge on any atom is 0.238 e. The van der Waals surface area contributed by atoms with Gasteiger partial charge in [0, 0.05) is 16.3 Å². The average molecular weight is 423 g/mol. The normalized spacial score (nSPS) is 17.1. The van der Waals surface area contributed by atoms with E-state index < -0.39 is 0 Å². The lowest BCUT2D eigenvalue weighted by molar-refractivity contribution is -0.117. The molecule has 0 radical (unpaired) electrons. The maximum atomic E-state index is 12.7. The van der Waals surface area contributed by atoms with Crippen molar-refractivity contribution in [3.8, 4) is 0 Å². The summed E-state index contributed by atoms with van der Waals surface area (Å²) < 4.78 is 0. The smallest absolute Gasteiger partial charge is 0.238 e. The van der Waals surface area contributed by atoms with Crippen molar-refractivity contribution < 1.29 is 4.79 Å². The van der Waals surface area contributed by atoms with Crippen LogP contribution in [0.25, 0.3) is 0 Å². The standard InChI is InChI=1S/C19H16Cl2N2OS2/c20-13-3-1-4-14(21)18(13)22-17(24)11-23-8-6-15-12(7-10-26-15)19(23)16-5-2-9-25-16/h1-5,7,9-10,19H,6,8,11H2,(H,22,24)/t19-/m0/s1. The summed E-state index contributed by atoms with van der Waals surface area (Å²) in [7, 11) is 0. The van der Waals surface area contributed by atoms with E-state index in [9.17, 15) is 4.79 Å². The zero-order chi connectivity index (χ0) is 18.1. The Kier molecular flexibility index (Phi) is 5.34. The van der Waals surface area contributed by atoms with E-state index in [1.54, 1.807) is 40.9 Å². The van der Waals surface area contributed by atoms with Gasteiger partial charge in [0.25, 0.3) is 0 Å². The van der Waals surface area contributed by atoms with Gasteiger partial charge in [-0.05, 0) is 47.0 Å². The minimum Gasteiger partial charge on any atom is -0.322 e. The van der Waals surface area contributed by atoms with Crippen LogP contribution in [0, 0.1) is 0 Å². The fraction of sp³-hybridized carbons (Fsp3) is 0.211. The number of halogens is 2. The van der Waals surface area contributed by atoms with E-state index >= 15 is 0 Å². The number of hydrogen-bond donors (Lipinski definition) is 1. The van der Waals surface area contributed by atoms with E-state index in [0.29, 0.717) is 22.3 Å². The molecule has 1 N–H and O–H groups in total. The second kappa shape index (κ2) is 7.71. The van der Waals surface area contributed by atoms with Crippen molar-refractivity contribution in [1.82, 2.24) is 4.90 Å². The molecule has 0 saturated carbocycles. The van der Waals surface area contributed by atoms with Gasteiger partial charge < -0.3 is 5.32 Å². The van der Waals surface area contributed by atoms with Gasteiger partial charge >= 0.3 is 0 Å².